The summed E-state index contributed by atoms with van der Waals surface area (Å²) in [4.78, 5) is 15.1. The molecule has 6 nitrogen and oxygen atoms in total. The molecule has 0 aliphatic carbocycles. The number of aromatic hydroxyl groups is 1. The second-order valence-electron chi connectivity index (χ2n) is 6.95. The highest BCUT2D eigenvalue weighted by Crippen LogP contribution is 2.38. The van der Waals surface area contributed by atoms with Crippen molar-refractivity contribution in [3.05, 3.63) is 27.4 Å². The van der Waals surface area contributed by atoms with Gasteiger partial charge in [0.2, 0.25) is 0 Å². The second kappa shape index (κ2) is 7.76. The standard InChI is InChI=1S/C18H26BrN3O3/c1-7-25-18(24)16-14(10-21(4)5)22(6)13-8-12(19)17(23)11(15(13)16)9-20(2)3/h8,23H,7,9-10H2,1-6H3/p+2. The number of fused-ring (bicyclic) bond motifs is 1. The summed E-state index contributed by atoms with van der Waals surface area (Å²) in [7, 11) is 10.1. The van der Waals surface area contributed by atoms with E-state index < -0.39 is 0 Å². The van der Waals surface area contributed by atoms with Gasteiger partial charge in [-0.3, -0.25) is 0 Å². The van der Waals surface area contributed by atoms with E-state index in [4.69, 9.17) is 4.74 Å². The molecule has 0 atom stereocenters. The molecule has 2 aromatic rings. The number of ether oxygens (including phenoxy) is 1. The number of nitrogens with one attached hydrogen (secondary N) is 2. The van der Waals surface area contributed by atoms with Crippen LogP contribution in [0.3, 0.4) is 0 Å². The number of carbonyl (C=O) groups is 1. The third-order valence-electron chi connectivity index (χ3n) is 4.17. The number of aryl methyl sites for hydroxylation is 1. The molecule has 25 heavy (non-hydrogen) atoms. The molecule has 1 aromatic heterocycles. The lowest BCUT2D eigenvalue weighted by Gasteiger charge is -2.13. The molecular weight excluding hydrogens is 386 g/mol. The lowest BCUT2D eigenvalue weighted by Crippen LogP contribution is -3.04. The summed E-state index contributed by atoms with van der Waals surface area (Å²) in [6.45, 7) is 3.41. The normalized spacial score (nSPS) is 11.7. The molecule has 0 amide bonds. The summed E-state index contributed by atoms with van der Waals surface area (Å²) in [5.74, 6) is -0.144. The van der Waals surface area contributed by atoms with Gasteiger partial charge in [0.15, 0.2) is 0 Å². The molecule has 0 radical (unpaired) electrons. The smallest absolute Gasteiger partial charge is 0.340 e. The van der Waals surface area contributed by atoms with E-state index in [9.17, 15) is 9.90 Å². The van der Waals surface area contributed by atoms with E-state index >= 15 is 0 Å². The maximum absolute atomic E-state index is 12.8. The highest BCUT2D eigenvalue weighted by atomic mass is 79.9. The van der Waals surface area contributed by atoms with Crippen LogP contribution in [0.2, 0.25) is 0 Å². The Balaban J connectivity index is 2.90. The Kier molecular flexibility index (Phi) is 6.13. The Bertz CT molecular complexity index is 797. The molecular formula is C18H28BrN3O3+2. The third-order valence-corrected chi connectivity index (χ3v) is 4.77. The first kappa shape index (κ1) is 19.8. The van der Waals surface area contributed by atoms with E-state index in [1.807, 2.05) is 45.9 Å². The molecule has 138 valence electrons. The van der Waals surface area contributed by atoms with Gasteiger partial charge in [0.25, 0.3) is 0 Å². The topological polar surface area (TPSA) is 60.3 Å². The van der Waals surface area contributed by atoms with Crippen molar-refractivity contribution in [1.29, 1.82) is 0 Å². The first-order chi connectivity index (χ1) is 11.7. The highest BCUT2D eigenvalue weighted by Gasteiger charge is 2.29. The zero-order chi connectivity index (χ0) is 18.9. The van der Waals surface area contributed by atoms with Crippen LogP contribution in [0.15, 0.2) is 10.5 Å². The summed E-state index contributed by atoms with van der Waals surface area (Å²) in [6, 6.07) is 1.87. The molecule has 0 spiro atoms. The quantitative estimate of drug-likeness (QED) is 0.589. The van der Waals surface area contributed by atoms with Crippen molar-refractivity contribution in [1.82, 2.24) is 4.57 Å². The van der Waals surface area contributed by atoms with Crippen molar-refractivity contribution >= 4 is 32.8 Å². The van der Waals surface area contributed by atoms with Crippen molar-refractivity contribution in [3.63, 3.8) is 0 Å². The average Bonchev–Trinajstić information content (AvgIpc) is 2.76. The number of phenols is 1. The number of rotatable bonds is 6. The van der Waals surface area contributed by atoms with E-state index in [2.05, 4.69) is 15.9 Å². The largest absolute Gasteiger partial charge is 0.506 e. The molecule has 1 aromatic carbocycles. The van der Waals surface area contributed by atoms with Crippen LogP contribution in [0.5, 0.6) is 5.75 Å². The van der Waals surface area contributed by atoms with E-state index in [0.29, 0.717) is 29.7 Å². The minimum Gasteiger partial charge on any atom is -0.506 e. The Morgan fingerprint density at radius 2 is 1.84 bits per heavy atom. The van der Waals surface area contributed by atoms with Crippen molar-refractivity contribution in [2.24, 2.45) is 7.05 Å². The lowest BCUT2D eigenvalue weighted by atomic mass is 10.0. The monoisotopic (exact) mass is 413 g/mol. The first-order valence-corrected chi connectivity index (χ1v) is 9.25. The minimum atomic E-state index is -0.332. The molecule has 0 saturated carbocycles. The van der Waals surface area contributed by atoms with Crippen LogP contribution in [0.25, 0.3) is 10.9 Å². The van der Waals surface area contributed by atoms with Gasteiger partial charge in [-0.15, -0.1) is 0 Å². The van der Waals surface area contributed by atoms with Gasteiger partial charge in [-0.2, -0.15) is 0 Å². The molecule has 3 N–H and O–H groups in total. The number of aromatic nitrogens is 1. The maximum atomic E-state index is 12.8. The van der Waals surface area contributed by atoms with Gasteiger partial charge < -0.3 is 24.2 Å². The Morgan fingerprint density at radius 3 is 2.36 bits per heavy atom. The Morgan fingerprint density at radius 1 is 1.24 bits per heavy atom. The summed E-state index contributed by atoms with van der Waals surface area (Å²) >= 11 is 3.45. The van der Waals surface area contributed by atoms with Gasteiger partial charge >= 0.3 is 5.97 Å². The Labute approximate surface area is 157 Å². The van der Waals surface area contributed by atoms with Crippen molar-refractivity contribution < 1.29 is 24.4 Å². The number of nitrogens with zero attached hydrogens (tertiary/aromatic N) is 1. The fourth-order valence-corrected chi connectivity index (χ4v) is 3.63. The summed E-state index contributed by atoms with van der Waals surface area (Å²) in [5.41, 5.74) is 3.17. The number of hydrogen-bond acceptors (Lipinski definition) is 3. The first-order valence-electron chi connectivity index (χ1n) is 8.45. The SMILES string of the molecule is CCOC(=O)c1c(C[NH+](C)C)n(C)c2cc(Br)c(O)c(C[NH+](C)C)c12. The van der Waals surface area contributed by atoms with Gasteiger partial charge in [0.1, 0.15) is 18.8 Å². The van der Waals surface area contributed by atoms with Crippen LogP contribution in [0.1, 0.15) is 28.5 Å². The third kappa shape index (κ3) is 3.83. The molecule has 0 bridgehead atoms. The summed E-state index contributed by atoms with van der Waals surface area (Å²) in [5, 5.41) is 11.4. The number of carbonyl (C=O) groups excluding carboxylic acids is 1. The van der Waals surface area contributed by atoms with E-state index in [1.165, 1.54) is 4.90 Å². The van der Waals surface area contributed by atoms with Gasteiger partial charge in [-0.25, -0.2) is 4.79 Å². The van der Waals surface area contributed by atoms with Crippen LogP contribution < -0.4 is 9.80 Å². The molecule has 0 saturated heterocycles. The summed E-state index contributed by atoms with van der Waals surface area (Å²) < 4.78 is 8.01. The molecule has 0 aliphatic rings. The molecule has 1 heterocycles. The highest BCUT2D eigenvalue weighted by molar-refractivity contribution is 9.10. The Hall–Kier alpha value is -1.57. The number of halogens is 1. The molecule has 0 unspecified atom stereocenters. The average molecular weight is 414 g/mol. The van der Waals surface area contributed by atoms with Crippen molar-refractivity contribution in [3.8, 4) is 5.75 Å². The number of phenolic OH excluding ortho intramolecular Hbond substituents is 1. The predicted octanol–water partition coefficient (Wildman–Crippen LogP) is 0.112. The van der Waals surface area contributed by atoms with Crippen molar-refractivity contribution in [2.75, 3.05) is 34.8 Å². The van der Waals surface area contributed by atoms with Crippen LogP contribution in [0.4, 0.5) is 0 Å². The van der Waals surface area contributed by atoms with Crippen LogP contribution >= 0.6 is 15.9 Å². The number of quaternary nitrogens is 2. The molecule has 2 rings (SSSR count). The van der Waals surface area contributed by atoms with Crippen LogP contribution in [-0.2, 0) is 24.9 Å². The van der Waals surface area contributed by atoms with Gasteiger partial charge in [-0.1, -0.05) is 0 Å². The van der Waals surface area contributed by atoms with E-state index in [-0.39, 0.29) is 11.7 Å². The lowest BCUT2D eigenvalue weighted by molar-refractivity contribution is -0.873. The fraction of sp³-hybridized carbons (Fsp3) is 0.500. The van der Waals surface area contributed by atoms with Gasteiger partial charge in [0, 0.05) is 12.4 Å². The van der Waals surface area contributed by atoms with Gasteiger partial charge in [-0.05, 0) is 28.9 Å². The molecule has 0 fully saturated rings. The fourth-order valence-electron chi connectivity index (χ4n) is 3.17. The van der Waals surface area contributed by atoms with Crippen molar-refractivity contribution in [2.45, 2.75) is 20.0 Å². The minimum absolute atomic E-state index is 0.189. The number of hydrogen-bond donors (Lipinski definition) is 3. The van der Waals surface area contributed by atoms with Gasteiger partial charge in [0.05, 0.1) is 61.6 Å². The predicted molar refractivity (Wildman–Crippen MR) is 101 cm³/mol. The maximum Gasteiger partial charge on any atom is 0.340 e. The number of benzene rings is 1. The summed E-state index contributed by atoms with van der Waals surface area (Å²) in [6.07, 6.45) is 0. The molecule has 0 aliphatic heterocycles. The second-order valence-corrected chi connectivity index (χ2v) is 7.80. The van der Waals surface area contributed by atoms with Crippen LogP contribution in [-0.4, -0.2) is 50.4 Å². The van der Waals surface area contributed by atoms with E-state index in [0.717, 1.165) is 27.1 Å². The van der Waals surface area contributed by atoms with E-state index in [1.54, 1.807) is 6.92 Å². The molecule has 7 heteroatoms. The number of esters is 1. The zero-order valence-electron chi connectivity index (χ0n) is 15.8. The van der Waals surface area contributed by atoms with Crippen LogP contribution in [0, 0.1) is 0 Å². The zero-order valence-corrected chi connectivity index (χ0v) is 17.4.